The van der Waals surface area contributed by atoms with Crippen molar-refractivity contribution in [1.82, 2.24) is 5.32 Å². The van der Waals surface area contributed by atoms with Crippen molar-refractivity contribution in [1.29, 1.82) is 0 Å². The molecule has 0 aliphatic carbocycles. The third-order valence-electron chi connectivity index (χ3n) is 2.86. The van der Waals surface area contributed by atoms with Crippen LogP contribution in [0.5, 0.6) is 5.75 Å². The van der Waals surface area contributed by atoms with Crippen LogP contribution in [0.15, 0.2) is 24.3 Å². The number of benzene rings is 1. The molecule has 0 aliphatic heterocycles. The number of carbonyl (C=O) groups is 2. The predicted molar refractivity (Wildman–Crippen MR) is 75.6 cm³/mol. The Morgan fingerprint density at radius 1 is 1.25 bits per heavy atom. The zero-order valence-electron chi connectivity index (χ0n) is 11.7. The van der Waals surface area contributed by atoms with Crippen LogP contribution >= 0.6 is 0 Å². The number of hydrogen-bond donors (Lipinski definition) is 4. The van der Waals surface area contributed by atoms with Gasteiger partial charge in [0.25, 0.3) is 0 Å². The van der Waals surface area contributed by atoms with Crippen LogP contribution in [0.25, 0.3) is 0 Å². The average molecular weight is 279 g/mol. The molecule has 1 rings (SSSR count). The van der Waals surface area contributed by atoms with Crippen molar-refractivity contribution in [3.8, 4) is 5.75 Å². The van der Waals surface area contributed by atoms with E-state index >= 15 is 0 Å². The average Bonchev–Trinajstić information content (AvgIpc) is 2.35. The van der Waals surface area contributed by atoms with Crippen molar-refractivity contribution >= 4 is 11.8 Å². The van der Waals surface area contributed by atoms with E-state index in [1.54, 1.807) is 0 Å². The van der Waals surface area contributed by atoms with Gasteiger partial charge in [0.15, 0.2) is 0 Å². The van der Waals surface area contributed by atoms with Gasteiger partial charge in [-0.25, -0.2) is 0 Å². The summed E-state index contributed by atoms with van der Waals surface area (Å²) in [5.41, 5.74) is 11.6. The molecule has 1 aromatic rings. The predicted octanol–water partition coefficient (Wildman–Crippen LogP) is 0.408. The number of phenols is 1. The van der Waals surface area contributed by atoms with Crippen molar-refractivity contribution in [2.45, 2.75) is 32.4 Å². The molecule has 0 spiro atoms. The van der Waals surface area contributed by atoms with Crippen LogP contribution in [-0.2, 0) is 9.59 Å². The van der Waals surface area contributed by atoms with E-state index in [-0.39, 0.29) is 11.7 Å². The molecular formula is C14H21N3O3. The molecule has 110 valence electrons. The van der Waals surface area contributed by atoms with Crippen LogP contribution in [-0.4, -0.2) is 23.0 Å². The summed E-state index contributed by atoms with van der Waals surface area (Å²) in [6, 6.07) is 4.25. The zero-order valence-corrected chi connectivity index (χ0v) is 11.7. The second kappa shape index (κ2) is 6.91. The van der Waals surface area contributed by atoms with Gasteiger partial charge < -0.3 is 21.9 Å². The van der Waals surface area contributed by atoms with Gasteiger partial charge in [-0.2, -0.15) is 0 Å². The van der Waals surface area contributed by atoms with E-state index in [0.717, 1.165) is 0 Å². The first-order valence-electron chi connectivity index (χ1n) is 6.45. The Kier molecular flexibility index (Phi) is 5.52. The van der Waals surface area contributed by atoms with Crippen LogP contribution in [0, 0.1) is 5.92 Å². The Hall–Kier alpha value is -2.08. The highest BCUT2D eigenvalue weighted by Gasteiger charge is 2.23. The van der Waals surface area contributed by atoms with Crippen LogP contribution < -0.4 is 16.8 Å². The maximum Gasteiger partial charge on any atom is 0.244 e. The van der Waals surface area contributed by atoms with Crippen molar-refractivity contribution in [2.24, 2.45) is 17.4 Å². The topological polar surface area (TPSA) is 118 Å². The minimum atomic E-state index is -0.957. The number of nitrogens with two attached hydrogens (primary N) is 2. The molecule has 6 heteroatoms. The number of primary amides is 1. The van der Waals surface area contributed by atoms with Gasteiger partial charge >= 0.3 is 0 Å². The molecular weight excluding hydrogens is 258 g/mol. The summed E-state index contributed by atoms with van der Waals surface area (Å²) in [5.74, 6) is -0.757. The molecule has 2 unspecified atom stereocenters. The summed E-state index contributed by atoms with van der Waals surface area (Å²) < 4.78 is 0. The molecule has 0 aliphatic rings. The molecule has 0 saturated carbocycles. The third-order valence-corrected chi connectivity index (χ3v) is 2.86. The van der Waals surface area contributed by atoms with Crippen LogP contribution in [0.2, 0.25) is 0 Å². The van der Waals surface area contributed by atoms with E-state index in [0.29, 0.717) is 12.0 Å². The smallest absolute Gasteiger partial charge is 0.244 e. The maximum atomic E-state index is 11.9. The van der Waals surface area contributed by atoms with Crippen LogP contribution in [0.1, 0.15) is 31.9 Å². The van der Waals surface area contributed by atoms with E-state index in [2.05, 4.69) is 5.32 Å². The number of phenolic OH excluding ortho intramolecular Hbond substituents is 1. The maximum absolute atomic E-state index is 11.9. The number of carbonyl (C=O) groups excluding carboxylic acids is 2. The van der Waals surface area contributed by atoms with E-state index < -0.39 is 23.9 Å². The number of hydrogen-bond acceptors (Lipinski definition) is 4. The molecule has 6 nitrogen and oxygen atoms in total. The lowest BCUT2D eigenvalue weighted by Crippen LogP contribution is -2.46. The first-order chi connectivity index (χ1) is 9.31. The third kappa shape index (κ3) is 4.55. The minimum absolute atomic E-state index is 0.0693. The minimum Gasteiger partial charge on any atom is -0.508 e. The molecule has 0 saturated heterocycles. The molecule has 0 fully saturated rings. The number of rotatable bonds is 6. The van der Waals surface area contributed by atoms with Gasteiger partial charge in [0.05, 0.1) is 6.04 Å². The summed E-state index contributed by atoms with van der Waals surface area (Å²) in [4.78, 5) is 23.4. The summed E-state index contributed by atoms with van der Waals surface area (Å²) in [6.07, 6.45) is 0.521. The van der Waals surface area contributed by atoms with Crippen molar-refractivity contribution < 1.29 is 14.7 Å². The SMILES string of the molecule is CC(C)CC(N)C(=O)NC(C(N)=O)c1ccc(O)cc1. The molecule has 0 aromatic heterocycles. The number of aromatic hydroxyl groups is 1. The first kappa shape index (κ1) is 16.0. The van der Waals surface area contributed by atoms with Crippen LogP contribution in [0.3, 0.4) is 0 Å². The standard InChI is InChI=1S/C14H21N3O3/c1-8(2)7-11(15)14(20)17-12(13(16)19)9-3-5-10(18)6-4-9/h3-6,8,11-12,18H,7,15H2,1-2H3,(H2,16,19)(H,17,20). The summed E-state index contributed by atoms with van der Waals surface area (Å²) in [6.45, 7) is 3.91. The first-order valence-corrected chi connectivity index (χ1v) is 6.45. The fourth-order valence-electron chi connectivity index (χ4n) is 1.85. The Balaban J connectivity index is 2.80. The lowest BCUT2D eigenvalue weighted by atomic mass is 10.0. The Labute approximate surface area is 118 Å². The molecule has 20 heavy (non-hydrogen) atoms. The summed E-state index contributed by atoms with van der Waals surface area (Å²) in [5, 5.41) is 11.8. The quantitative estimate of drug-likeness (QED) is 0.603. The molecule has 0 bridgehead atoms. The highest BCUT2D eigenvalue weighted by atomic mass is 16.3. The van der Waals surface area contributed by atoms with Gasteiger partial charge in [-0.15, -0.1) is 0 Å². The second-order valence-corrected chi connectivity index (χ2v) is 5.17. The Morgan fingerprint density at radius 2 is 1.80 bits per heavy atom. The van der Waals surface area contributed by atoms with E-state index in [9.17, 15) is 14.7 Å². The van der Waals surface area contributed by atoms with Gasteiger partial charge in [0, 0.05) is 0 Å². The highest BCUT2D eigenvalue weighted by Crippen LogP contribution is 2.17. The largest absolute Gasteiger partial charge is 0.508 e. The summed E-state index contributed by atoms with van der Waals surface area (Å²) >= 11 is 0. The van der Waals surface area contributed by atoms with Crippen molar-refractivity contribution in [2.75, 3.05) is 0 Å². The van der Waals surface area contributed by atoms with Gasteiger partial charge in [-0.1, -0.05) is 26.0 Å². The van der Waals surface area contributed by atoms with Gasteiger partial charge in [0.1, 0.15) is 11.8 Å². The van der Waals surface area contributed by atoms with Gasteiger partial charge in [0.2, 0.25) is 11.8 Å². The monoisotopic (exact) mass is 279 g/mol. The molecule has 1 aromatic carbocycles. The normalized spacial score (nSPS) is 13.8. The highest BCUT2D eigenvalue weighted by molar-refractivity contribution is 5.89. The lowest BCUT2D eigenvalue weighted by molar-refractivity contribution is -0.128. The molecule has 0 radical (unpaired) electrons. The second-order valence-electron chi connectivity index (χ2n) is 5.17. The van der Waals surface area contributed by atoms with E-state index in [4.69, 9.17) is 11.5 Å². The number of amides is 2. The summed E-state index contributed by atoms with van der Waals surface area (Å²) in [7, 11) is 0. The van der Waals surface area contributed by atoms with E-state index in [1.807, 2.05) is 13.8 Å². The van der Waals surface area contributed by atoms with Crippen molar-refractivity contribution in [3.63, 3.8) is 0 Å². The van der Waals surface area contributed by atoms with Gasteiger partial charge in [-0.05, 0) is 30.0 Å². The lowest BCUT2D eigenvalue weighted by Gasteiger charge is -2.19. The molecule has 2 atom stereocenters. The fraction of sp³-hybridized carbons (Fsp3) is 0.429. The fourth-order valence-corrected chi connectivity index (χ4v) is 1.85. The van der Waals surface area contributed by atoms with Crippen LogP contribution in [0.4, 0.5) is 0 Å². The molecule has 2 amide bonds. The molecule has 0 heterocycles. The zero-order chi connectivity index (χ0) is 15.3. The Bertz CT molecular complexity index is 471. The van der Waals surface area contributed by atoms with E-state index in [1.165, 1.54) is 24.3 Å². The van der Waals surface area contributed by atoms with Gasteiger partial charge in [-0.3, -0.25) is 9.59 Å². The number of nitrogens with one attached hydrogen (secondary N) is 1. The molecule has 6 N–H and O–H groups in total. The van der Waals surface area contributed by atoms with Crippen molar-refractivity contribution in [3.05, 3.63) is 29.8 Å². The Morgan fingerprint density at radius 3 is 2.25 bits per heavy atom.